The van der Waals surface area contributed by atoms with Gasteiger partial charge in [0.2, 0.25) is 0 Å². The van der Waals surface area contributed by atoms with Crippen molar-refractivity contribution >= 4 is 40.0 Å². The molecule has 0 unspecified atom stereocenters. The van der Waals surface area contributed by atoms with E-state index in [0.29, 0.717) is 24.8 Å². The van der Waals surface area contributed by atoms with Gasteiger partial charge in [0.15, 0.2) is 17.5 Å². The molecule has 0 radical (unpaired) electrons. The molecule has 0 spiro atoms. The SMILES string of the molecule is COCCn1nc(N(C)C)c2cc(Nc3nc(N[C@H](C4CC4)[C@H](C)N)c(F)cc3C(N)=O)ccc21. The Morgan fingerprint density at radius 1 is 1.31 bits per heavy atom. The topological polar surface area (TPSA) is 136 Å². The molecule has 10 nitrogen and oxygen atoms in total. The number of rotatable bonds is 11. The average Bonchev–Trinajstić information content (AvgIpc) is 3.57. The maximum absolute atomic E-state index is 14.9. The summed E-state index contributed by atoms with van der Waals surface area (Å²) < 4.78 is 22.0. The van der Waals surface area contributed by atoms with E-state index >= 15 is 0 Å². The van der Waals surface area contributed by atoms with E-state index in [0.717, 1.165) is 35.6 Å². The maximum Gasteiger partial charge on any atom is 0.252 e. The van der Waals surface area contributed by atoms with E-state index in [1.54, 1.807) is 7.11 Å². The van der Waals surface area contributed by atoms with Crippen molar-refractivity contribution in [2.75, 3.05) is 43.3 Å². The maximum atomic E-state index is 14.9. The van der Waals surface area contributed by atoms with E-state index < -0.39 is 11.7 Å². The Labute approximate surface area is 203 Å². The van der Waals surface area contributed by atoms with Crippen LogP contribution in [0.4, 0.5) is 27.5 Å². The van der Waals surface area contributed by atoms with Crippen molar-refractivity contribution in [3.8, 4) is 0 Å². The van der Waals surface area contributed by atoms with Crippen LogP contribution in [0.1, 0.15) is 30.1 Å². The highest BCUT2D eigenvalue weighted by Crippen LogP contribution is 2.36. The van der Waals surface area contributed by atoms with Crippen LogP contribution in [0.5, 0.6) is 0 Å². The molecule has 2 aromatic heterocycles. The number of fused-ring (bicyclic) bond motifs is 1. The minimum atomic E-state index is -0.779. The molecule has 1 amide bonds. The number of nitrogens with zero attached hydrogens (tertiary/aromatic N) is 4. The van der Waals surface area contributed by atoms with Gasteiger partial charge in [-0.25, -0.2) is 9.37 Å². The quantitative estimate of drug-likeness (QED) is 0.326. The number of primary amides is 1. The third-order valence-electron chi connectivity index (χ3n) is 6.17. The molecular formula is C24H33FN8O2. The van der Waals surface area contributed by atoms with Crippen molar-refractivity contribution in [1.29, 1.82) is 0 Å². The molecule has 4 rings (SSSR count). The molecule has 1 aromatic carbocycles. The van der Waals surface area contributed by atoms with Gasteiger partial charge in [-0.1, -0.05) is 0 Å². The Bertz CT molecular complexity index is 1220. The Kier molecular flexibility index (Phi) is 7.08. The van der Waals surface area contributed by atoms with Crippen molar-refractivity contribution in [3.63, 3.8) is 0 Å². The summed E-state index contributed by atoms with van der Waals surface area (Å²) in [5, 5.41) is 11.9. The van der Waals surface area contributed by atoms with Crippen LogP contribution in [-0.4, -0.2) is 60.6 Å². The van der Waals surface area contributed by atoms with Crippen molar-refractivity contribution in [2.45, 2.75) is 38.4 Å². The van der Waals surface area contributed by atoms with E-state index in [-0.39, 0.29) is 29.3 Å². The monoisotopic (exact) mass is 484 g/mol. The van der Waals surface area contributed by atoms with Gasteiger partial charge in [-0.15, -0.1) is 0 Å². The first-order valence-corrected chi connectivity index (χ1v) is 11.7. The fraction of sp³-hybridized carbons (Fsp3) is 0.458. The van der Waals surface area contributed by atoms with Crippen molar-refractivity contribution < 1.29 is 13.9 Å². The Morgan fingerprint density at radius 3 is 2.66 bits per heavy atom. The normalized spacial score (nSPS) is 15.1. The first kappa shape index (κ1) is 24.7. The van der Waals surface area contributed by atoms with Gasteiger partial charge in [0, 0.05) is 44.4 Å². The standard InChI is InChI=1S/C24H33FN8O2/c1-13(26)20(14-5-6-14)29-23-18(25)12-17(21(27)34)22(30-23)28-15-7-8-19-16(11-15)24(32(2)3)31-33(19)9-10-35-4/h7-8,11-14,20H,5-6,9-10,26H2,1-4H3,(H2,27,34)(H2,28,29,30)/t13-,20-/m0/s1. The predicted octanol–water partition coefficient (Wildman–Crippen LogP) is 2.66. The lowest BCUT2D eigenvalue weighted by atomic mass is 10.1. The van der Waals surface area contributed by atoms with E-state index in [9.17, 15) is 9.18 Å². The lowest BCUT2D eigenvalue weighted by molar-refractivity contribution is 0.100. The second-order valence-electron chi connectivity index (χ2n) is 9.24. The summed E-state index contributed by atoms with van der Waals surface area (Å²) in [7, 11) is 5.49. The van der Waals surface area contributed by atoms with E-state index in [1.165, 1.54) is 0 Å². The molecule has 11 heteroatoms. The molecular weight excluding hydrogens is 451 g/mol. The highest BCUT2D eigenvalue weighted by Gasteiger charge is 2.34. The number of nitrogens with one attached hydrogen (secondary N) is 2. The first-order valence-electron chi connectivity index (χ1n) is 11.7. The van der Waals surface area contributed by atoms with Crippen LogP contribution < -0.4 is 27.0 Å². The van der Waals surface area contributed by atoms with Gasteiger partial charge in [0.05, 0.1) is 24.2 Å². The zero-order chi connectivity index (χ0) is 25.3. The number of amides is 1. The Morgan fingerprint density at radius 2 is 2.06 bits per heavy atom. The number of aromatic nitrogens is 3. The summed E-state index contributed by atoms with van der Waals surface area (Å²) in [6.45, 7) is 3.02. The fourth-order valence-electron chi connectivity index (χ4n) is 4.22. The average molecular weight is 485 g/mol. The number of carbonyl (C=O) groups is 1. The number of hydrogen-bond donors (Lipinski definition) is 4. The van der Waals surface area contributed by atoms with Crippen LogP contribution in [0.3, 0.4) is 0 Å². The number of nitrogens with two attached hydrogens (primary N) is 2. The lowest BCUT2D eigenvalue weighted by Gasteiger charge is -2.23. The number of anilines is 4. The van der Waals surface area contributed by atoms with E-state index in [1.807, 2.05) is 48.8 Å². The van der Waals surface area contributed by atoms with Crippen LogP contribution in [-0.2, 0) is 11.3 Å². The van der Waals surface area contributed by atoms with Crippen LogP contribution in [0, 0.1) is 11.7 Å². The zero-order valence-corrected chi connectivity index (χ0v) is 20.5. The summed E-state index contributed by atoms with van der Waals surface area (Å²) in [5.74, 6) is -0.0648. The van der Waals surface area contributed by atoms with Crippen LogP contribution in [0.25, 0.3) is 10.9 Å². The van der Waals surface area contributed by atoms with E-state index in [2.05, 4.69) is 15.6 Å². The summed E-state index contributed by atoms with van der Waals surface area (Å²) in [6.07, 6.45) is 2.08. The molecule has 0 aliphatic heterocycles. The number of halogens is 1. The highest BCUT2D eigenvalue weighted by molar-refractivity contribution is 5.99. The molecule has 0 bridgehead atoms. The van der Waals surface area contributed by atoms with Crippen molar-refractivity contribution in [3.05, 3.63) is 35.6 Å². The summed E-state index contributed by atoms with van der Waals surface area (Å²) in [5.41, 5.74) is 13.2. The second-order valence-corrected chi connectivity index (χ2v) is 9.24. The minimum Gasteiger partial charge on any atom is -0.383 e. The van der Waals surface area contributed by atoms with Crippen molar-refractivity contribution in [1.82, 2.24) is 14.8 Å². The minimum absolute atomic E-state index is 0.0362. The Balaban J connectivity index is 1.70. The van der Waals surface area contributed by atoms with Crippen LogP contribution >= 0.6 is 0 Å². The van der Waals surface area contributed by atoms with Gasteiger partial charge in [0.25, 0.3) is 5.91 Å². The third-order valence-corrected chi connectivity index (χ3v) is 6.17. The molecule has 3 aromatic rings. The number of benzene rings is 1. The molecule has 1 aliphatic rings. The molecule has 2 atom stereocenters. The third kappa shape index (κ3) is 5.30. The van der Waals surface area contributed by atoms with Gasteiger partial charge >= 0.3 is 0 Å². The number of methoxy groups -OCH3 is 1. The summed E-state index contributed by atoms with van der Waals surface area (Å²) in [4.78, 5) is 18.4. The van der Waals surface area contributed by atoms with Gasteiger partial charge < -0.3 is 31.7 Å². The molecule has 6 N–H and O–H groups in total. The van der Waals surface area contributed by atoms with E-state index in [4.69, 9.17) is 21.3 Å². The predicted molar refractivity (Wildman–Crippen MR) is 136 cm³/mol. The molecule has 1 fully saturated rings. The molecule has 35 heavy (non-hydrogen) atoms. The van der Waals surface area contributed by atoms with Crippen LogP contribution in [0.15, 0.2) is 24.3 Å². The summed E-state index contributed by atoms with van der Waals surface area (Å²) >= 11 is 0. The molecule has 2 heterocycles. The number of carbonyl (C=O) groups excluding carboxylic acids is 1. The van der Waals surface area contributed by atoms with Gasteiger partial charge in [0.1, 0.15) is 5.82 Å². The lowest BCUT2D eigenvalue weighted by Crippen LogP contribution is -2.40. The largest absolute Gasteiger partial charge is 0.383 e. The Hall–Kier alpha value is -3.44. The molecule has 1 saturated carbocycles. The molecule has 0 saturated heterocycles. The number of pyridine rings is 1. The van der Waals surface area contributed by atoms with Gasteiger partial charge in [-0.2, -0.15) is 5.10 Å². The molecule has 188 valence electrons. The van der Waals surface area contributed by atoms with Gasteiger partial charge in [-0.3, -0.25) is 9.48 Å². The number of ether oxygens (including phenoxy) is 1. The molecule has 1 aliphatic carbocycles. The smallest absolute Gasteiger partial charge is 0.252 e. The summed E-state index contributed by atoms with van der Waals surface area (Å²) in [6, 6.07) is 6.51. The zero-order valence-electron chi connectivity index (χ0n) is 20.5. The van der Waals surface area contributed by atoms with Crippen LogP contribution in [0.2, 0.25) is 0 Å². The van der Waals surface area contributed by atoms with Crippen molar-refractivity contribution in [2.24, 2.45) is 17.4 Å². The number of hydrogen-bond acceptors (Lipinski definition) is 8. The fourth-order valence-corrected chi connectivity index (χ4v) is 4.22. The highest BCUT2D eigenvalue weighted by atomic mass is 19.1. The second kappa shape index (κ2) is 10.0. The van der Waals surface area contributed by atoms with Gasteiger partial charge in [-0.05, 0) is 49.9 Å². The first-order chi connectivity index (χ1) is 16.7.